The van der Waals surface area contributed by atoms with Crippen LogP contribution in [-0.4, -0.2) is 142 Å². The molecular weight excluding hydrogens is 792 g/mol. The monoisotopic (exact) mass is 871 g/mol. The van der Waals surface area contributed by atoms with Gasteiger partial charge in [-0.15, -0.1) is 0 Å². The fraction of sp³-hybridized carbons (Fsp3) is 0.783. The van der Waals surface area contributed by atoms with Crippen LogP contribution in [0.5, 0.6) is 0 Å². The summed E-state index contributed by atoms with van der Waals surface area (Å²) in [5.74, 6) is -0.976. The number of rotatable bonds is 33. The van der Waals surface area contributed by atoms with Gasteiger partial charge in [-0.05, 0) is 70.6 Å². The number of esters is 2. The molecule has 0 bridgehead atoms. The number of hydrogen-bond donors (Lipinski definition) is 7. The van der Waals surface area contributed by atoms with Crippen molar-refractivity contribution in [1.82, 2.24) is 0 Å². The first-order valence-electron chi connectivity index (χ1n) is 22.7. The molecule has 0 aliphatic carbocycles. The fourth-order valence-electron chi connectivity index (χ4n) is 6.75. The molecule has 2 aliphatic heterocycles. The molecule has 2 aliphatic rings. The molecule has 2 fully saturated rings. The van der Waals surface area contributed by atoms with E-state index in [0.29, 0.717) is 12.8 Å². The van der Waals surface area contributed by atoms with E-state index < -0.39 is 99.3 Å². The Kier molecular flexibility index (Phi) is 30.4. The number of hydrogen-bond acceptors (Lipinski definition) is 15. The largest absolute Gasteiger partial charge is 0.462 e. The van der Waals surface area contributed by atoms with E-state index in [-0.39, 0.29) is 19.4 Å². The van der Waals surface area contributed by atoms with E-state index in [1.165, 1.54) is 19.3 Å². The highest BCUT2D eigenvalue weighted by Crippen LogP contribution is 2.26. The summed E-state index contributed by atoms with van der Waals surface area (Å²) in [5, 5.41) is 71.8. The van der Waals surface area contributed by atoms with Crippen molar-refractivity contribution in [2.24, 2.45) is 0 Å². The molecule has 15 heteroatoms. The van der Waals surface area contributed by atoms with Gasteiger partial charge in [-0.25, -0.2) is 0 Å². The smallest absolute Gasteiger partial charge is 0.306 e. The van der Waals surface area contributed by atoms with Crippen molar-refractivity contribution in [2.75, 3.05) is 26.4 Å². The molecule has 0 saturated carbocycles. The third-order valence-electron chi connectivity index (χ3n) is 10.5. The van der Waals surface area contributed by atoms with Crippen LogP contribution in [-0.2, 0) is 38.0 Å². The lowest BCUT2D eigenvalue weighted by atomic mass is 9.98. The Labute approximate surface area is 363 Å². The van der Waals surface area contributed by atoms with Gasteiger partial charge in [-0.2, -0.15) is 0 Å². The molecule has 0 aromatic heterocycles. The minimum absolute atomic E-state index is 0.127. The van der Waals surface area contributed by atoms with Gasteiger partial charge in [0, 0.05) is 12.8 Å². The zero-order chi connectivity index (χ0) is 44.7. The molecule has 15 nitrogen and oxygen atoms in total. The summed E-state index contributed by atoms with van der Waals surface area (Å²) in [4.78, 5) is 25.6. The van der Waals surface area contributed by atoms with Gasteiger partial charge in [-0.3, -0.25) is 9.59 Å². The van der Waals surface area contributed by atoms with Crippen molar-refractivity contribution in [3.63, 3.8) is 0 Å². The molecule has 2 heterocycles. The lowest BCUT2D eigenvalue weighted by Gasteiger charge is -2.42. The third-order valence-corrected chi connectivity index (χ3v) is 10.5. The van der Waals surface area contributed by atoms with Crippen molar-refractivity contribution in [3.05, 3.63) is 48.6 Å². The van der Waals surface area contributed by atoms with Gasteiger partial charge in [0.2, 0.25) is 0 Å². The van der Waals surface area contributed by atoms with Gasteiger partial charge in [0.25, 0.3) is 0 Å². The van der Waals surface area contributed by atoms with Crippen molar-refractivity contribution >= 4 is 11.9 Å². The average molecular weight is 871 g/mol. The average Bonchev–Trinajstić information content (AvgIpc) is 3.25. The van der Waals surface area contributed by atoms with Crippen molar-refractivity contribution in [2.45, 2.75) is 203 Å². The number of carbonyl (C=O) groups excluding carboxylic acids is 2. The van der Waals surface area contributed by atoms with Crippen LogP contribution in [0.1, 0.15) is 136 Å². The first-order valence-corrected chi connectivity index (χ1v) is 22.7. The molecule has 0 aromatic carbocycles. The molecule has 2 saturated heterocycles. The molecule has 11 atom stereocenters. The second kappa shape index (κ2) is 33.9. The lowest BCUT2D eigenvalue weighted by Crippen LogP contribution is -2.61. The van der Waals surface area contributed by atoms with E-state index in [4.69, 9.17) is 28.4 Å². The fourth-order valence-corrected chi connectivity index (χ4v) is 6.75. The third kappa shape index (κ3) is 23.1. The number of aliphatic hydroxyl groups is 7. The molecule has 7 N–H and O–H groups in total. The zero-order valence-electron chi connectivity index (χ0n) is 36.6. The van der Waals surface area contributed by atoms with Crippen LogP contribution in [0.4, 0.5) is 0 Å². The maximum absolute atomic E-state index is 12.9. The van der Waals surface area contributed by atoms with E-state index in [1.54, 1.807) is 0 Å². The van der Waals surface area contributed by atoms with E-state index in [9.17, 15) is 45.3 Å². The number of ether oxygens (including phenoxy) is 6. The molecule has 0 spiro atoms. The van der Waals surface area contributed by atoms with Gasteiger partial charge in [0.05, 0.1) is 19.8 Å². The minimum Gasteiger partial charge on any atom is -0.462 e. The summed E-state index contributed by atoms with van der Waals surface area (Å²) < 4.78 is 33.4. The van der Waals surface area contributed by atoms with Crippen molar-refractivity contribution in [3.8, 4) is 0 Å². The second-order valence-electron chi connectivity index (χ2n) is 15.8. The van der Waals surface area contributed by atoms with E-state index in [0.717, 1.165) is 77.0 Å². The summed E-state index contributed by atoms with van der Waals surface area (Å²) in [7, 11) is 0. The highest BCUT2D eigenvalue weighted by Gasteiger charge is 2.47. The van der Waals surface area contributed by atoms with Gasteiger partial charge in [-0.1, -0.05) is 101 Å². The molecule has 2 rings (SSSR count). The first-order chi connectivity index (χ1) is 29.5. The molecule has 11 unspecified atom stereocenters. The van der Waals surface area contributed by atoms with E-state index in [2.05, 4.69) is 62.5 Å². The summed E-state index contributed by atoms with van der Waals surface area (Å²) in [6, 6.07) is 0. The van der Waals surface area contributed by atoms with Crippen LogP contribution in [0.15, 0.2) is 48.6 Å². The van der Waals surface area contributed by atoms with Crippen LogP contribution in [0, 0.1) is 0 Å². The van der Waals surface area contributed by atoms with Crippen LogP contribution in [0.3, 0.4) is 0 Å². The summed E-state index contributed by atoms with van der Waals surface area (Å²) in [6.45, 7) is 2.37. The molecular formula is C46H78O15. The molecule has 0 radical (unpaired) electrons. The predicted octanol–water partition coefficient (Wildman–Crippen LogP) is 4.76. The summed E-state index contributed by atoms with van der Waals surface area (Å²) in [6.07, 6.45) is 17.3. The maximum atomic E-state index is 12.9. The van der Waals surface area contributed by atoms with Gasteiger partial charge < -0.3 is 64.2 Å². The number of allylic oxidation sites excluding steroid dienone is 8. The Morgan fingerprint density at radius 3 is 1.66 bits per heavy atom. The van der Waals surface area contributed by atoms with Gasteiger partial charge in [0.1, 0.15) is 55.4 Å². The van der Waals surface area contributed by atoms with E-state index in [1.807, 2.05) is 0 Å². The number of carbonyl (C=O) groups is 2. The second-order valence-corrected chi connectivity index (χ2v) is 15.8. The maximum Gasteiger partial charge on any atom is 0.306 e. The Bertz CT molecular complexity index is 1260. The van der Waals surface area contributed by atoms with Gasteiger partial charge in [0.15, 0.2) is 18.7 Å². The number of unbranched alkanes of at least 4 members (excludes halogenated alkanes) is 11. The van der Waals surface area contributed by atoms with Crippen molar-refractivity contribution in [1.29, 1.82) is 0 Å². The number of aliphatic hydroxyl groups excluding tert-OH is 7. The molecule has 352 valence electrons. The Morgan fingerprint density at radius 1 is 0.541 bits per heavy atom. The SMILES string of the molecule is CC/C=C\C/C=C\C/C=C\CCCCCC(=O)OC(COC(=O)CCCCCCC/C=C\CCCCC)COC1OC(COC2OC(CO)C(O)C(O)C2O)C(O)C(O)C1O. The minimum atomic E-state index is -1.77. The van der Waals surface area contributed by atoms with E-state index >= 15 is 0 Å². The van der Waals surface area contributed by atoms with Gasteiger partial charge >= 0.3 is 11.9 Å². The molecule has 0 amide bonds. The predicted molar refractivity (Wildman–Crippen MR) is 229 cm³/mol. The topological polar surface area (TPSA) is 231 Å². The van der Waals surface area contributed by atoms with Crippen LogP contribution in [0.2, 0.25) is 0 Å². The first kappa shape index (κ1) is 54.6. The highest BCUT2D eigenvalue weighted by atomic mass is 16.7. The molecule has 61 heavy (non-hydrogen) atoms. The Morgan fingerprint density at radius 2 is 1.03 bits per heavy atom. The summed E-state index contributed by atoms with van der Waals surface area (Å²) >= 11 is 0. The van der Waals surface area contributed by atoms with Crippen LogP contribution < -0.4 is 0 Å². The Balaban J connectivity index is 1.88. The highest BCUT2D eigenvalue weighted by molar-refractivity contribution is 5.70. The van der Waals surface area contributed by atoms with Crippen LogP contribution >= 0.6 is 0 Å². The van der Waals surface area contributed by atoms with Crippen molar-refractivity contribution < 1.29 is 73.8 Å². The summed E-state index contributed by atoms with van der Waals surface area (Å²) in [5.41, 5.74) is 0. The zero-order valence-corrected chi connectivity index (χ0v) is 36.6. The van der Waals surface area contributed by atoms with Crippen LogP contribution in [0.25, 0.3) is 0 Å². The normalized spacial score (nSPS) is 27.8. The standard InChI is InChI=1S/C46H78O15/c1-3-5-7-9-11-13-15-17-19-21-23-25-27-29-38(49)59-34(31-56-37(48)28-26-24-22-20-18-16-14-12-10-8-6-4-2)32-57-45-44(55)42(53)40(51)36(61-45)33-58-46-43(54)41(52)39(50)35(30-47)60-46/h5,7,11-14,17,19,34-36,39-47,50-55H,3-4,6,8-10,15-16,18,20-33H2,1-2H3/b7-5-,13-11-,14-12-,19-17-. The Hall–Kier alpha value is -2.54. The molecule has 0 aromatic rings. The lowest BCUT2D eigenvalue weighted by molar-refractivity contribution is -0.332. The quantitative estimate of drug-likeness (QED) is 0.0268.